The monoisotopic (exact) mass is 292 g/mol. The maximum Gasteiger partial charge on any atom is 0.337 e. The molecule has 2 rings (SSSR count). The molecule has 1 aliphatic heterocycles. The van der Waals surface area contributed by atoms with Crippen molar-refractivity contribution in [3.8, 4) is 0 Å². The van der Waals surface area contributed by atoms with E-state index in [1.807, 2.05) is 0 Å². The van der Waals surface area contributed by atoms with Crippen LogP contribution in [0.3, 0.4) is 0 Å². The van der Waals surface area contributed by atoms with E-state index in [4.69, 9.17) is 4.74 Å². The number of hydrogen-bond acceptors (Lipinski definition) is 3. The highest BCUT2D eigenvalue weighted by Gasteiger charge is 2.38. The van der Waals surface area contributed by atoms with Crippen molar-refractivity contribution < 1.29 is 18.7 Å². The van der Waals surface area contributed by atoms with Crippen molar-refractivity contribution in [2.75, 3.05) is 21.2 Å². The Hall–Kier alpha value is -2.37. The van der Waals surface area contributed by atoms with Crippen molar-refractivity contribution in [3.63, 3.8) is 0 Å². The molecule has 0 spiro atoms. The van der Waals surface area contributed by atoms with Crippen LogP contribution in [-0.2, 0) is 9.53 Å². The molecule has 1 aliphatic rings. The normalized spacial score (nSPS) is 19.1. The number of nitrogens with zero attached hydrogens (tertiary/aromatic N) is 2. The summed E-state index contributed by atoms with van der Waals surface area (Å²) in [5.41, 5.74) is 1.55. The van der Waals surface area contributed by atoms with E-state index in [1.165, 1.54) is 29.0 Å². The smallest absolute Gasteiger partial charge is 0.337 e. The second-order valence-electron chi connectivity index (χ2n) is 4.90. The first-order chi connectivity index (χ1) is 9.88. The molecule has 1 aromatic rings. The molecule has 0 aliphatic carbocycles. The maximum atomic E-state index is 13.1. The van der Waals surface area contributed by atoms with Gasteiger partial charge in [0, 0.05) is 19.8 Å². The van der Waals surface area contributed by atoms with Crippen molar-refractivity contribution in [3.05, 3.63) is 46.9 Å². The number of rotatable bonds is 2. The molecule has 2 amide bonds. The molecule has 0 saturated carbocycles. The van der Waals surface area contributed by atoms with Crippen LogP contribution in [0.25, 0.3) is 0 Å². The Morgan fingerprint density at radius 3 is 2.33 bits per heavy atom. The van der Waals surface area contributed by atoms with Gasteiger partial charge in [0.05, 0.1) is 18.7 Å². The molecule has 0 bridgehead atoms. The summed E-state index contributed by atoms with van der Waals surface area (Å²) in [6.45, 7) is 1.69. The van der Waals surface area contributed by atoms with Crippen LogP contribution in [0, 0.1) is 5.82 Å². The van der Waals surface area contributed by atoms with Crippen molar-refractivity contribution in [2.45, 2.75) is 13.0 Å². The Bertz CT molecular complexity index is 610. The van der Waals surface area contributed by atoms with Crippen LogP contribution in [0.5, 0.6) is 0 Å². The number of urea groups is 1. The lowest BCUT2D eigenvalue weighted by Gasteiger charge is -2.39. The molecule has 1 heterocycles. The van der Waals surface area contributed by atoms with E-state index in [0.29, 0.717) is 16.8 Å². The van der Waals surface area contributed by atoms with Crippen LogP contribution in [-0.4, -0.2) is 43.0 Å². The lowest BCUT2D eigenvalue weighted by Crippen LogP contribution is -2.47. The SMILES string of the molecule is COC(=O)C1=C(C)N(C)C(=O)N(C)[C@H]1c1ccc(F)cc1. The van der Waals surface area contributed by atoms with E-state index in [0.717, 1.165) is 0 Å². The Balaban J connectivity index is 2.60. The molecule has 1 aromatic carbocycles. The quantitative estimate of drug-likeness (QED) is 0.786. The highest BCUT2D eigenvalue weighted by atomic mass is 19.1. The second kappa shape index (κ2) is 5.55. The molecule has 21 heavy (non-hydrogen) atoms. The Labute approximate surface area is 122 Å². The maximum absolute atomic E-state index is 13.1. The highest BCUT2D eigenvalue weighted by molar-refractivity contribution is 5.94. The fraction of sp³-hybridized carbons (Fsp3) is 0.333. The van der Waals surface area contributed by atoms with E-state index in [1.54, 1.807) is 33.2 Å². The van der Waals surface area contributed by atoms with Gasteiger partial charge in [-0.05, 0) is 24.6 Å². The number of halogens is 1. The van der Waals surface area contributed by atoms with Gasteiger partial charge in [-0.3, -0.25) is 0 Å². The van der Waals surface area contributed by atoms with E-state index in [9.17, 15) is 14.0 Å². The van der Waals surface area contributed by atoms with Gasteiger partial charge in [-0.15, -0.1) is 0 Å². The Morgan fingerprint density at radius 2 is 1.81 bits per heavy atom. The number of esters is 1. The van der Waals surface area contributed by atoms with Crippen molar-refractivity contribution in [2.24, 2.45) is 0 Å². The molecule has 5 nitrogen and oxygen atoms in total. The van der Waals surface area contributed by atoms with Crippen LogP contribution in [0.4, 0.5) is 9.18 Å². The average Bonchev–Trinajstić information content (AvgIpc) is 2.49. The number of benzene rings is 1. The number of likely N-dealkylation sites (N-methyl/N-ethyl adjacent to an activating group) is 1. The van der Waals surface area contributed by atoms with Gasteiger partial charge in [-0.25, -0.2) is 14.0 Å². The number of ether oxygens (including phenoxy) is 1. The molecule has 0 fully saturated rings. The number of carbonyl (C=O) groups excluding carboxylic acids is 2. The number of allylic oxidation sites excluding steroid dienone is 1. The minimum Gasteiger partial charge on any atom is -0.466 e. The second-order valence-corrected chi connectivity index (χ2v) is 4.90. The lowest BCUT2D eigenvalue weighted by atomic mass is 9.94. The zero-order valence-corrected chi connectivity index (χ0v) is 12.4. The average molecular weight is 292 g/mol. The third-order valence-corrected chi connectivity index (χ3v) is 3.73. The molecule has 1 atom stereocenters. The first-order valence-electron chi connectivity index (χ1n) is 6.43. The first-order valence-corrected chi connectivity index (χ1v) is 6.43. The lowest BCUT2D eigenvalue weighted by molar-refractivity contribution is -0.137. The van der Waals surface area contributed by atoms with Crippen LogP contribution in [0.1, 0.15) is 18.5 Å². The van der Waals surface area contributed by atoms with Gasteiger partial charge in [0.25, 0.3) is 0 Å². The van der Waals surface area contributed by atoms with Crippen LogP contribution in [0.15, 0.2) is 35.5 Å². The summed E-state index contributed by atoms with van der Waals surface area (Å²) in [4.78, 5) is 27.2. The predicted molar refractivity (Wildman–Crippen MR) is 74.8 cm³/mol. The molecular formula is C15H17FN2O3. The summed E-state index contributed by atoms with van der Waals surface area (Å²) in [5.74, 6) is -0.881. The summed E-state index contributed by atoms with van der Waals surface area (Å²) < 4.78 is 17.9. The van der Waals surface area contributed by atoms with E-state index < -0.39 is 12.0 Å². The third kappa shape index (κ3) is 2.49. The number of carbonyl (C=O) groups is 2. The fourth-order valence-corrected chi connectivity index (χ4v) is 2.47. The molecule has 0 N–H and O–H groups in total. The van der Waals surface area contributed by atoms with Gasteiger partial charge in [-0.2, -0.15) is 0 Å². The minimum atomic E-state index is -0.596. The first kappa shape index (κ1) is 15.0. The van der Waals surface area contributed by atoms with Gasteiger partial charge in [0.1, 0.15) is 5.82 Å². The molecule has 112 valence electrons. The van der Waals surface area contributed by atoms with Crippen molar-refractivity contribution in [1.82, 2.24) is 9.80 Å². The van der Waals surface area contributed by atoms with Crippen LogP contribution in [0.2, 0.25) is 0 Å². The molecule has 6 heteroatoms. The molecule has 0 aromatic heterocycles. The van der Waals surface area contributed by atoms with Gasteiger partial charge >= 0.3 is 12.0 Å². The van der Waals surface area contributed by atoms with E-state index in [2.05, 4.69) is 0 Å². The summed E-state index contributed by atoms with van der Waals surface area (Å²) in [7, 11) is 4.49. The molecule has 0 radical (unpaired) electrons. The molecule has 0 unspecified atom stereocenters. The standard InChI is InChI=1S/C15H17FN2O3/c1-9-12(14(19)21-4)13(18(3)15(20)17(9)2)10-5-7-11(16)8-6-10/h5-8,13H,1-4H3/t13-/m0/s1. The Morgan fingerprint density at radius 1 is 1.24 bits per heavy atom. The van der Waals surface area contributed by atoms with Crippen molar-refractivity contribution >= 4 is 12.0 Å². The number of methoxy groups -OCH3 is 1. The zero-order valence-electron chi connectivity index (χ0n) is 12.4. The van der Waals surface area contributed by atoms with Crippen molar-refractivity contribution in [1.29, 1.82) is 0 Å². The highest BCUT2D eigenvalue weighted by Crippen LogP contribution is 2.36. The van der Waals surface area contributed by atoms with Gasteiger partial charge in [-0.1, -0.05) is 12.1 Å². The largest absolute Gasteiger partial charge is 0.466 e. The molecular weight excluding hydrogens is 275 g/mol. The topological polar surface area (TPSA) is 49.9 Å². The number of hydrogen-bond donors (Lipinski definition) is 0. The van der Waals surface area contributed by atoms with Gasteiger partial charge in [0.15, 0.2) is 0 Å². The van der Waals surface area contributed by atoms with E-state index in [-0.39, 0.29) is 11.8 Å². The Kier molecular flexibility index (Phi) is 3.97. The molecule has 0 saturated heterocycles. The summed E-state index contributed by atoms with van der Waals surface area (Å²) in [5, 5.41) is 0. The van der Waals surface area contributed by atoms with Gasteiger partial charge < -0.3 is 14.5 Å². The summed E-state index contributed by atoms with van der Waals surface area (Å²) in [6, 6.07) is 4.89. The third-order valence-electron chi connectivity index (χ3n) is 3.73. The minimum absolute atomic E-state index is 0.241. The van der Waals surface area contributed by atoms with E-state index >= 15 is 0 Å². The van der Waals surface area contributed by atoms with Gasteiger partial charge in [0.2, 0.25) is 0 Å². The summed E-state index contributed by atoms with van der Waals surface area (Å²) in [6.07, 6.45) is 0. The fourth-order valence-electron chi connectivity index (χ4n) is 2.47. The number of amides is 2. The van der Waals surface area contributed by atoms with Crippen LogP contribution < -0.4 is 0 Å². The predicted octanol–water partition coefficient (Wildman–Crippen LogP) is 2.31. The summed E-state index contributed by atoms with van der Waals surface area (Å²) >= 11 is 0. The zero-order chi connectivity index (χ0) is 15.7. The van der Waals surface area contributed by atoms with Crippen LogP contribution >= 0.6 is 0 Å².